The van der Waals surface area contributed by atoms with E-state index in [1.165, 1.54) is 12.0 Å². The Morgan fingerprint density at radius 3 is 2.87 bits per heavy atom. The lowest BCUT2D eigenvalue weighted by Gasteiger charge is -2.21. The lowest BCUT2D eigenvalue weighted by Crippen LogP contribution is -2.40. The van der Waals surface area contributed by atoms with E-state index in [0.717, 1.165) is 31.3 Å². The molecule has 5 nitrogen and oxygen atoms in total. The summed E-state index contributed by atoms with van der Waals surface area (Å²) in [5.41, 5.74) is 1.43. The summed E-state index contributed by atoms with van der Waals surface area (Å²) in [5.74, 6) is 2.69. The Kier molecular flexibility index (Phi) is 4.95. The molecule has 2 heterocycles. The molecule has 1 fully saturated rings. The van der Waals surface area contributed by atoms with Gasteiger partial charge in [0.05, 0.1) is 6.54 Å². The van der Waals surface area contributed by atoms with Crippen molar-refractivity contribution in [3.8, 4) is 0 Å². The molecule has 0 spiro atoms. The molecule has 1 saturated heterocycles. The standard InChI is InChI=1S/C18H25N5/c1-19-18(21-13-17-20-9-11-22(17)2)23-10-8-16(14-23)12-15-6-4-3-5-7-15/h3-7,9,11,16H,8,10,12-14H2,1-2H3,(H,19,21). The van der Waals surface area contributed by atoms with Gasteiger partial charge in [0.2, 0.25) is 0 Å². The van der Waals surface area contributed by atoms with Gasteiger partial charge in [0.25, 0.3) is 0 Å². The van der Waals surface area contributed by atoms with Crippen LogP contribution < -0.4 is 5.32 Å². The Balaban J connectivity index is 1.53. The summed E-state index contributed by atoms with van der Waals surface area (Å²) in [5, 5.41) is 3.43. The number of likely N-dealkylation sites (tertiary alicyclic amines) is 1. The van der Waals surface area contributed by atoms with Crippen molar-refractivity contribution in [1.82, 2.24) is 19.8 Å². The minimum Gasteiger partial charge on any atom is -0.349 e. The number of guanidine groups is 1. The lowest BCUT2D eigenvalue weighted by atomic mass is 9.99. The van der Waals surface area contributed by atoms with E-state index in [2.05, 4.69) is 50.5 Å². The largest absolute Gasteiger partial charge is 0.349 e. The zero-order chi connectivity index (χ0) is 16.1. The Labute approximate surface area is 138 Å². The van der Waals surface area contributed by atoms with Gasteiger partial charge in [-0.3, -0.25) is 4.99 Å². The maximum atomic E-state index is 4.44. The van der Waals surface area contributed by atoms with Gasteiger partial charge in [-0.05, 0) is 24.3 Å². The number of hydrogen-bond donors (Lipinski definition) is 1. The second-order valence-electron chi connectivity index (χ2n) is 6.15. The third-order valence-corrected chi connectivity index (χ3v) is 4.49. The normalized spacial score (nSPS) is 18.4. The highest BCUT2D eigenvalue weighted by atomic mass is 15.3. The fourth-order valence-electron chi connectivity index (χ4n) is 3.20. The first-order valence-electron chi connectivity index (χ1n) is 8.22. The molecule has 1 aromatic heterocycles. The Bertz CT molecular complexity index is 646. The van der Waals surface area contributed by atoms with Crippen molar-refractivity contribution in [2.45, 2.75) is 19.4 Å². The fourth-order valence-corrected chi connectivity index (χ4v) is 3.20. The third-order valence-electron chi connectivity index (χ3n) is 4.49. The van der Waals surface area contributed by atoms with Crippen molar-refractivity contribution in [2.24, 2.45) is 18.0 Å². The van der Waals surface area contributed by atoms with E-state index >= 15 is 0 Å². The van der Waals surface area contributed by atoms with Crippen LogP contribution in [0.15, 0.2) is 47.7 Å². The molecule has 1 atom stereocenters. The summed E-state index contributed by atoms with van der Waals surface area (Å²) in [6, 6.07) is 10.8. The van der Waals surface area contributed by atoms with Crippen LogP contribution in [0.2, 0.25) is 0 Å². The zero-order valence-electron chi connectivity index (χ0n) is 13.9. The van der Waals surface area contributed by atoms with Gasteiger partial charge < -0.3 is 14.8 Å². The number of aromatic nitrogens is 2. The first kappa shape index (κ1) is 15.6. The number of benzene rings is 1. The van der Waals surface area contributed by atoms with Gasteiger partial charge in [-0.1, -0.05) is 30.3 Å². The van der Waals surface area contributed by atoms with Gasteiger partial charge in [-0.15, -0.1) is 0 Å². The minimum atomic E-state index is 0.698. The molecular weight excluding hydrogens is 286 g/mol. The van der Waals surface area contributed by atoms with Crippen molar-refractivity contribution in [3.63, 3.8) is 0 Å². The van der Waals surface area contributed by atoms with Gasteiger partial charge in [-0.2, -0.15) is 0 Å². The highest BCUT2D eigenvalue weighted by molar-refractivity contribution is 5.80. The Morgan fingerprint density at radius 1 is 1.35 bits per heavy atom. The smallest absolute Gasteiger partial charge is 0.194 e. The molecular formula is C18H25N5. The predicted octanol–water partition coefficient (Wildman–Crippen LogP) is 2.06. The molecule has 122 valence electrons. The summed E-state index contributed by atoms with van der Waals surface area (Å²) >= 11 is 0. The number of imidazole rings is 1. The molecule has 2 aromatic rings. The number of aliphatic imine (C=N–C) groups is 1. The van der Waals surface area contributed by atoms with Crippen LogP contribution in [0.1, 0.15) is 17.8 Å². The number of nitrogens with one attached hydrogen (secondary N) is 1. The van der Waals surface area contributed by atoms with E-state index in [1.54, 1.807) is 0 Å². The average Bonchev–Trinajstić information content (AvgIpc) is 3.19. The van der Waals surface area contributed by atoms with Crippen molar-refractivity contribution in [3.05, 3.63) is 54.1 Å². The molecule has 1 aliphatic heterocycles. The summed E-state index contributed by atoms with van der Waals surface area (Å²) < 4.78 is 2.03. The molecule has 0 amide bonds. The van der Waals surface area contributed by atoms with Crippen LogP contribution in [-0.4, -0.2) is 40.5 Å². The molecule has 0 aliphatic carbocycles. The van der Waals surface area contributed by atoms with Gasteiger partial charge in [0, 0.05) is 39.6 Å². The van der Waals surface area contributed by atoms with Crippen LogP contribution in [0.3, 0.4) is 0 Å². The van der Waals surface area contributed by atoms with Gasteiger partial charge in [-0.25, -0.2) is 4.98 Å². The zero-order valence-corrected chi connectivity index (χ0v) is 13.9. The number of hydrogen-bond acceptors (Lipinski definition) is 2. The topological polar surface area (TPSA) is 45.5 Å². The van der Waals surface area contributed by atoms with E-state index in [0.29, 0.717) is 12.5 Å². The maximum Gasteiger partial charge on any atom is 0.194 e. The first-order valence-corrected chi connectivity index (χ1v) is 8.22. The summed E-state index contributed by atoms with van der Waals surface area (Å²) in [6.07, 6.45) is 6.16. The second kappa shape index (κ2) is 7.31. The molecule has 1 aromatic carbocycles. The maximum absolute atomic E-state index is 4.44. The van der Waals surface area contributed by atoms with Gasteiger partial charge in [0.15, 0.2) is 5.96 Å². The van der Waals surface area contributed by atoms with Crippen LogP contribution in [0.5, 0.6) is 0 Å². The van der Waals surface area contributed by atoms with Crippen molar-refractivity contribution >= 4 is 5.96 Å². The van der Waals surface area contributed by atoms with E-state index in [-0.39, 0.29) is 0 Å². The average molecular weight is 311 g/mol. The van der Waals surface area contributed by atoms with E-state index in [4.69, 9.17) is 0 Å². The number of rotatable bonds is 4. The second-order valence-corrected chi connectivity index (χ2v) is 6.15. The fraction of sp³-hybridized carbons (Fsp3) is 0.444. The highest BCUT2D eigenvalue weighted by Crippen LogP contribution is 2.20. The van der Waals surface area contributed by atoms with E-state index in [9.17, 15) is 0 Å². The summed E-state index contributed by atoms with van der Waals surface area (Å²) in [7, 11) is 3.86. The molecule has 0 radical (unpaired) electrons. The summed E-state index contributed by atoms with van der Waals surface area (Å²) in [4.78, 5) is 11.1. The number of aryl methyl sites for hydroxylation is 1. The monoisotopic (exact) mass is 311 g/mol. The molecule has 5 heteroatoms. The lowest BCUT2D eigenvalue weighted by molar-refractivity contribution is 0.458. The van der Waals surface area contributed by atoms with Crippen LogP contribution in [0.25, 0.3) is 0 Å². The van der Waals surface area contributed by atoms with E-state index in [1.807, 2.05) is 31.1 Å². The first-order chi connectivity index (χ1) is 11.3. The third kappa shape index (κ3) is 3.92. The molecule has 0 bridgehead atoms. The van der Waals surface area contributed by atoms with Crippen molar-refractivity contribution < 1.29 is 0 Å². The van der Waals surface area contributed by atoms with Crippen molar-refractivity contribution in [1.29, 1.82) is 0 Å². The van der Waals surface area contributed by atoms with Crippen LogP contribution in [0, 0.1) is 5.92 Å². The summed E-state index contributed by atoms with van der Waals surface area (Å²) in [6.45, 7) is 2.84. The molecule has 0 saturated carbocycles. The molecule has 1 unspecified atom stereocenters. The number of nitrogens with zero attached hydrogens (tertiary/aromatic N) is 4. The van der Waals surface area contributed by atoms with Gasteiger partial charge >= 0.3 is 0 Å². The molecule has 3 rings (SSSR count). The SMILES string of the molecule is CN=C(NCc1nccn1C)N1CCC(Cc2ccccc2)C1. The van der Waals surface area contributed by atoms with Crippen LogP contribution in [0.4, 0.5) is 0 Å². The highest BCUT2D eigenvalue weighted by Gasteiger charge is 2.25. The Hall–Kier alpha value is -2.30. The molecule has 23 heavy (non-hydrogen) atoms. The quantitative estimate of drug-likeness (QED) is 0.694. The Morgan fingerprint density at radius 2 is 2.17 bits per heavy atom. The van der Waals surface area contributed by atoms with Crippen LogP contribution >= 0.6 is 0 Å². The predicted molar refractivity (Wildman–Crippen MR) is 93.2 cm³/mol. The molecule has 1 N–H and O–H groups in total. The minimum absolute atomic E-state index is 0.698. The van der Waals surface area contributed by atoms with Crippen LogP contribution in [-0.2, 0) is 20.0 Å². The molecule has 1 aliphatic rings. The van der Waals surface area contributed by atoms with E-state index < -0.39 is 0 Å². The van der Waals surface area contributed by atoms with Gasteiger partial charge in [0.1, 0.15) is 5.82 Å². The van der Waals surface area contributed by atoms with Crippen molar-refractivity contribution in [2.75, 3.05) is 20.1 Å².